The molecule has 4 rings (SSSR count). The van der Waals surface area contributed by atoms with Crippen LogP contribution < -0.4 is 16.8 Å². The first-order chi connectivity index (χ1) is 18.0. The van der Waals surface area contributed by atoms with Gasteiger partial charge in [-0.3, -0.25) is 9.59 Å². The third kappa shape index (κ3) is 6.59. The SMILES string of the molecule is CC(C)(C)OC(=O)N=C(N)c1ccc2cc(C(=O)NC3CCCCC3)n(Cc3ccc(C(N)=O)cc3)c2c1. The molecular formula is C29H35N5O4. The summed E-state index contributed by atoms with van der Waals surface area (Å²) in [6.07, 6.45) is 4.60. The number of rotatable bonds is 6. The van der Waals surface area contributed by atoms with E-state index in [0.717, 1.165) is 42.1 Å². The summed E-state index contributed by atoms with van der Waals surface area (Å²) in [5, 5.41) is 4.05. The highest BCUT2D eigenvalue weighted by Crippen LogP contribution is 2.25. The third-order valence-corrected chi connectivity index (χ3v) is 6.56. The van der Waals surface area contributed by atoms with Crippen LogP contribution in [-0.4, -0.2) is 40.0 Å². The third-order valence-electron chi connectivity index (χ3n) is 6.56. The molecule has 1 aliphatic carbocycles. The fraction of sp³-hybridized carbons (Fsp3) is 0.379. The number of aliphatic imine (C=N–C) groups is 1. The number of benzene rings is 2. The van der Waals surface area contributed by atoms with Crippen LogP contribution in [0.15, 0.2) is 53.5 Å². The Balaban J connectivity index is 1.71. The number of nitrogens with two attached hydrogens (primary N) is 2. The van der Waals surface area contributed by atoms with Gasteiger partial charge in [0, 0.05) is 34.6 Å². The lowest BCUT2D eigenvalue weighted by atomic mass is 9.95. The van der Waals surface area contributed by atoms with Gasteiger partial charge in [-0.2, -0.15) is 4.99 Å². The van der Waals surface area contributed by atoms with Crippen LogP contribution in [0, 0.1) is 0 Å². The van der Waals surface area contributed by atoms with Crippen LogP contribution in [0.5, 0.6) is 0 Å². The maximum absolute atomic E-state index is 13.4. The summed E-state index contributed by atoms with van der Waals surface area (Å²) >= 11 is 0. The van der Waals surface area contributed by atoms with E-state index in [1.54, 1.807) is 39.0 Å². The van der Waals surface area contributed by atoms with Crippen LogP contribution in [-0.2, 0) is 11.3 Å². The molecule has 3 aromatic rings. The van der Waals surface area contributed by atoms with Gasteiger partial charge in [-0.1, -0.05) is 43.5 Å². The predicted molar refractivity (Wildman–Crippen MR) is 147 cm³/mol. The van der Waals surface area contributed by atoms with Crippen molar-refractivity contribution in [2.75, 3.05) is 0 Å². The summed E-state index contributed by atoms with van der Waals surface area (Å²) in [5.74, 6) is -0.619. The summed E-state index contributed by atoms with van der Waals surface area (Å²) < 4.78 is 7.17. The first-order valence-corrected chi connectivity index (χ1v) is 12.9. The molecular weight excluding hydrogens is 482 g/mol. The maximum atomic E-state index is 13.4. The molecule has 0 saturated heterocycles. The van der Waals surface area contributed by atoms with Crippen LogP contribution >= 0.6 is 0 Å². The molecule has 1 heterocycles. The van der Waals surface area contributed by atoms with Crippen molar-refractivity contribution in [3.63, 3.8) is 0 Å². The fourth-order valence-electron chi connectivity index (χ4n) is 4.68. The zero-order chi connectivity index (χ0) is 27.4. The molecule has 200 valence electrons. The highest BCUT2D eigenvalue weighted by molar-refractivity contribution is 6.06. The topological polar surface area (TPSA) is 142 Å². The number of amidine groups is 1. The first kappa shape index (κ1) is 26.9. The van der Waals surface area contributed by atoms with E-state index in [-0.39, 0.29) is 17.8 Å². The van der Waals surface area contributed by atoms with Crippen LogP contribution in [0.25, 0.3) is 10.9 Å². The number of carbonyl (C=O) groups excluding carboxylic acids is 3. The molecule has 1 saturated carbocycles. The van der Waals surface area contributed by atoms with Crippen molar-refractivity contribution in [3.05, 3.63) is 70.9 Å². The second-order valence-electron chi connectivity index (χ2n) is 10.7. The summed E-state index contributed by atoms with van der Waals surface area (Å²) in [5.41, 5.74) is 14.0. The number of fused-ring (bicyclic) bond motifs is 1. The normalized spacial score (nSPS) is 14.9. The van der Waals surface area contributed by atoms with Gasteiger partial charge in [-0.05, 0) is 63.4 Å². The molecule has 0 unspecified atom stereocenters. The van der Waals surface area contributed by atoms with Gasteiger partial charge in [0.05, 0.1) is 0 Å². The molecule has 9 nitrogen and oxygen atoms in total. The van der Waals surface area contributed by atoms with Gasteiger partial charge in [0.1, 0.15) is 17.1 Å². The molecule has 1 fully saturated rings. The molecule has 5 N–H and O–H groups in total. The van der Waals surface area contributed by atoms with Gasteiger partial charge >= 0.3 is 6.09 Å². The number of nitrogens with zero attached hydrogens (tertiary/aromatic N) is 2. The Kier molecular flexibility index (Phi) is 7.85. The molecule has 1 aromatic heterocycles. The summed E-state index contributed by atoms with van der Waals surface area (Å²) in [6.45, 7) is 5.64. The van der Waals surface area contributed by atoms with Gasteiger partial charge in [0.25, 0.3) is 5.91 Å². The number of hydrogen-bond donors (Lipinski definition) is 3. The zero-order valence-corrected chi connectivity index (χ0v) is 22.1. The number of ether oxygens (including phenoxy) is 1. The fourth-order valence-corrected chi connectivity index (χ4v) is 4.68. The molecule has 9 heteroatoms. The highest BCUT2D eigenvalue weighted by atomic mass is 16.6. The largest absolute Gasteiger partial charge is 0.442 e. The van der Waals surface area contributed by atoms with Gasteiger partial charge in [0.2, 0.25) is 5.91 Å². The summed E-state index contributed by atoms with van der Waals surface area (Å²) in [4.78, 5) is 41.0. The molecule has 3 amide bonds. The van der Waals surface area contributed by atoms with Crippen molar-refractivity contribution in [2.45, 2.75) is 71.1 Å². The van der Waals surface area contributed by atoms with Gasteiger partial charge in [-0.25, -0.2) is 4.79 Å². The minimum absolute atomic E-state index is 0.0212. The van der Waals surface area contributed by atoms with E-state index < -0.39 is 17.6 Å². The molecule has 0 spiro atoms. The average molecular weight is 518 g/mol. The smallest absolute Gasteiger partial charge is 0.436 e. The Labute approximate surface area is 222 Å². The second kappa shape index (κ2) is 11.1. The predicted octanol–water partition coefficient (Wildman–Crippen LogP) is 4.49. The molecule has 2 aromatic carbocycles. The Hall–Kier alpha value is -4.14. The van der Waals surface area contributed by atoms with E-state index in [4.69, 9.17) is 16.2 Å². The quantitative estimate of drug-likeness (QED) is 0.326. The van der Waals surface area contributed by atoms with Crippen LogP contribution in [0.3, 0.4) is 0 Å². The highest BCUT2D eigenvalue weighted by Gasteiger charge is 2.22. The molecule has 0 radical (unpaired) electrons. The Bertz CT molecular complexity index is 1380. The maximum Gasteiger partial charge on any atom is 0.436 e. The number of aromatic nitrogens is 1. The van der Waals surface area contributed by atoms with Crippen molar-refractivity contribution in [1.82, 2.24) is 9.88 Å². The lowest BCUT2D eigenvalue weighted by molar-refractivity contribution is 0.0603. The van der Waals surface area contributed by atoms with Crippen molar-refractivity contribution in [2.24, 2.45) is 16.5 Å². The van der Waals surface area contributed by atoms with Gasteiger partial charge in [0.15, 0.2) is 0 Å². The van der Waals surface area contributed by atoms with E-state index in [0.29, 0.717) is 23.4 Å². The van der Waals surface area contributed by atoms with E-state index in [1.165, 1.54) is 6.42 Å². The van der Waals surface area contributed by atoms with Crippen molar-refractivity contribution < 1.29 is 19.1 Å². The lowest BCUT2D eigenvalue weighted by Gasteiger charge is -2.23. The summed E-state index contributed by atoms with van der Waals surface area (Å²) in [6, 6.07) is 14.4. The minimum Gasteiger partial charge on any atom is -0.442 e. The molecule has 1 aliphatic rings. The average Bonchev–Trinajstić information content (AvgIpc) is 3.21. The second-order valence-corrected chi connectivity index (χ2v) is 10.7. The van der Waals surface area contributed by atoms with Crippen molar-refractivity contribution in [3.8, 4) is 0 Å². The summed E-state index contributed by atoms with van der Waals surface area (Å²) in [7, 11) is 0. The first-order valence-electron chi connectivity index (χ1n) is 12.9. The van der Waals surface area contributed by atoms with Gasteiger partial charge < -0.3 is 26.1 Å². The van der Waals surface area contributed by atoms with Crippen LogP contribution in [0.4, 0.5) is 4.79 Å². The van der Waals surface area contributed by atoms with E-state index in [2.05, 4.69) is 10.3 Å². The van der Waals surface area contributed by atoms with Gasteiger partial charge in [-0.15, -0.1) is 0 Å². The van der Waals surface area contributed by atoms with Crippen molar-refractivity contribution >= 4 is 34.6 Å². The Morgan fingerprint density at radius 2 is 1.63 bits per heavy atom. The molecule has 38 heavy (non-hydrogen) atoms. The molecule has 0 bridgehead atoms. The molecule has 0 atom stereocenters. The van der Waals surface area contributed by atoms with E-state index >= 15 is 0 Å². The number of hydrogen-bond acceptors (Lipinski definition) is 4. The van der Waals surface area contributed by atoms with E-state index in [9.17, 15) is 14.4 Å². The number of primary amides is 1. The number of amides is 3. The van der Waals surface area contributed by atoms with Crippen LogP contribution in [0.1, 0.15) is 84.8 Å². The lowest BCUT2D eigenvalue weighted by Crippen LogP contribution is -2.37. The Morgan fingerprint density at radius 3 is 2.26 bits per heavy atom. The Morgan fingerprint density at radius 1 is 0.974 bits per heavy atom. The number of nitrogens with one attached hydrogen (secondary N) is 1. The number of carbonyl (C=O) groups is 3. The zero-order valence-electron chi connectivity index (χ0n) is 22.1. The van der Waals surface area contributed by atoms with E-state index in [1.807, 2.05) is 34.9 Å². The monoisotopic (exact) mass is 517 g/mol. The minimum atomic E-state index is -0.771. The van der Waals surface area contributed by atoms with Crippen molar-refractivity contribution in [1.29, 1.82) is 0 Å². The molecule has 0 aliphatic heterocycles. The van der Waals surface area contributed by atoms with Crippen LogP contribution in [0.2, 0.25) is 0 Å². The standard InChI is InChI=1S/C29H35N5O4/c1-29(2,3)38-28(37)33-25(30)21-14-13-20-15-24(27(36)32-22-7-5-4-6-8-22)34(23(20)16-21)17-18-9-11-19(12-10-18)26(31)35/h9-16,22H,4-8,17H2,1-3H3,(H2,31,35)(H,32,36)(H2,30,33,37).